The third-order valence-corrected chi connectivity index (χ3v) is 4.51. The number of nitrogens with one attached hydrogen (secondary N) is 1. The van der Waals surface area contributed by atoms with Crippen molar-refractivity contribution in [1.29, 1.82) is 0 Å². The largest absolute Gasteiger partial charge is 0.369 e. The summed E-state index contributed by atoms with van der Waals surface area (Å²) in [4.78, 5) is 22.3. The second-order valence-corrected chi connectivity index (χ2v) is 6.22. The van der Waals surface area contributed by atoms with Crippen LogP contribution in [0.4, 0.5) is 10.9 Å². The highest BCUT2D eigenvalue weighted by Gasteiger charge is 2.26. The lowest BCUT2D eigenvalue weighted by Gasteiger charge is -2.33. The molecule has 0 radical (unpaired) electrons. The van der Waals surface area contributed by atoms with E-state index in [1.54, 1.807) is 17.5 Å². The smallest absolute Gasteiger partial charge is 0.231 e. The van der Waals surface area contributed by atoms with Gasteiger partial charge in [-0.25, -0.2) is 9.97 Å². The van der Waals surface area contributed by atoms with Crippen LogP contribution in [0, 0.1) is 0 Å². The minimum atomic E-state index is -0.283. The number of piperidine rings is 1. The molecule has 1 amide bonds. The third-order valence-electron chi connectivity index (χ3n) is 3.74. The van der Waals surface area contributed by atoms with Gasteiger partial charge in [0.1, 0.15) is 5.82 Å². The van der Waals surface area contributed by atoms with Crippen molar-refractivity contribution >= 4 is 28.2 Å². The zero-order valence-electron chi connectivity index (χ0n) is 12.2. The number of hydrogen-bond acceptors (Lipinski definition) is 6. The van der Waals surface area contributed by atoms with Gasteiger partial charge in [-0.2, -0.15) is 0 Å². The summed E-state index contributed by atoms with van der Waals surface area (Å²) in [6, 6.07) is 5.89. The number of rotatable bonds is 5. The van der Waals surface area contributed by atoms with Gasteiger partial charge in [-0.1, -0.05) is 12.5 Å². The number of aromatic nitrogens is 2. The summed E-state index contributed by atoms with van der Waals surface area (Å²) >= 11 is 1.55. The Labute approximate surface area is 133 Å². The maximum Gasteiger partial charge on any atom is 0.231 e. The first-order chi connectivity index (χ1) is 10.7. The number of thiazole rings is 1. The molecule has 3 heterocycles. The van der Waals surface area contributed by atoms with Crippen molar-refractivity contribution in [2.45, 2.75) is 25.3 Å². The van der Waals surface area contributed by atoms with E-state index in [0.29, 0.717) is 6.54 Å². The van der Waals surface area contributed by atoms with Crippen molar-refractivity contribution < 1.29 is 4.79 Å². The van der Waals surface area contributed by atoms with Gasteiger partial charge in [-0.3, -0.25) is 9.69 Å². The number of carbonyl (C=O) groups excluding carboxylic acids is 1. The minimum Gasteiger partial charge on any atom is -0.369 e. The van der Waals surface area contributed by atoms with Crippen LogP contribution in [-0.4, -0.2) is 33.9 Å². The molecule has 1 aliphatic heterocycles. The molecule has 7 heteroatoms. The van der Waals surface area contributed by atoms with E-state index in [4.69, 9.17) is 5.73 Å². The SMILES string of the molecule is NC(=O)CN1CCCCC1c1csc(Nc2ccccn2)n1. The van der Waals surface area contributed by atoms with E-state index >= 15 is 0 Å². The molecule has 2 aromatic rings. The van der Waals surface area contributed by atoms with Crippen molar-refractivity contribution in [3.05, 3.63) is 35.5 Å². The topological polar surface area (TPSA) is 84.1 Å². The van der Waals surface area contributed by atoms with Crippen LogP contribution < -0.4 is 11.1 Å². The Bertz CT molecular complexity index is 630. The van der Waals surface area contributed by atoms with E-state index in [0.717, 1.165) is 42.5 Å². The van der Waals surface area contributed by atoms with Crippen molar-refractivity contribution in [2.24, 2.45) is 5.73 Å². The summed E-state index contributed by atoms with van der Waals surface area (Å²) in [5.74, 6) is 0.495. The Morgan fingerprint density at radius 1 is 1.45 bits per heavy atom. The van der Waals surface area contributed by atoms with E-state index in [9.17, 15) is 4.79 Å². The van der Waals surface area contributed by atoms with Gasteiger partial charge in [0, 0.05) is 11.6 Å². The summed E-state index contributed by atoms with van der Waals surface area (Å²) < 4.78 is 0. The molecule has 1 saturated heterocycles. The fraction of sp³-hybridized carbons (Fsp3) is 0.400. The summed E-state index contributed by atoms with van der Waals surface area (Å²) in [5.41, 5.74) is 6.36. The lowest BCUT2D eigenvalue weighted by Crippen LogP contribution is -2.39. The number of pyridine rings is 1. The van der Waals surface area contributed by atoms with Gasteiger partial charge in [0.25, 0.3) is 0 Å². The van der Waals surface area contributed by atoms with Crippen LogP contribution in [0.1, 0.15) is 31.0 Å². The Morgan fingerprint density at radius 2 is 2.36 bits per heavy atom. The molecule has 6 nitrogen and oxygen atoms in total. The Kier molecular flexibility index (Phi) is 4.65. The highest BCUT2D eigenvalue weighted by molar-refractivity contribution is 7.13. The molecular formula is C15H19N5OS. The summed E-state index contributed by atoms with van der Waals surface area (Å²) in [6.45, 7) is 1.19. The van der Waals surface area contributed by atoms with E-state index in [-0.39, 0.29) is 11.9 Å². The van der Waals surface area contributed by atoms with Crippen LogP contribution >= 0.6 is 11.3 Å². The van der Waals surface area contributed by atoms with Crippen LogP contribution in [0.2, 0.25) is 0 Å². The molecule has 1 fully saturated rings. The molecule has 2 aromatic heterocycles. The average Bonchev–Trinajstić information content (AvgIpc) is 2.96. The number of hydrogen-bond donors (Lipinski definition) is 2. The Balaban J connectivity index is 1.72. The average molecular weight is 317 g/mol. The van der Waals surface area contributed by atoms with Crippen LogP contribution in [0.5, 0.6) is 0 Å². The Morgan fingerprint density at radius 3 is 3.14 bits per heavy atom. The van der Waals surface area contributed by atoms with Crippen LogP contribution in [-0.2, 0) is 4.79 Å². The number of amides is 1. The third kappa shape index (κ3) is 3.61. The standard InChI is InChI=1S/C15H19N5OS/c16-13(21)9-20-8-4-2-5-12(20)11-10-22-15(18-11)19-14-6-1-3-7-17-14/h1,3,6-7,10,12H,2,4-5,8-9H2,(H2,16,21)(H,17,18,19). The monoisotopic (exact) mass is 317 g/mol. The number of primary amides is 1. The first-order valence-electron chi connectivity index (χ1n) is 7.38. The molecule has 116 valence electrons. The van der Waals surface area contributed by atoms with Crippen molar-refractivity contribution in [1.82, 2.24) is 14.9 Å². The van der Waals surface area contributed by atoms with Crippen molar-refractivity contribution in [3.8, 4) is 0 Å². The molecule has 3 rings (SSSR count). The molecular weight excluding hydrogens is 298 g/mol. The van der Waals surface area contributed by atoms with E-state index in [2.05, 4.69) is 25.6 Å². The van der Waals surface area contributed by atoms with Crippen LogP contribution in [0.15, 0.2) is 29.8 Å². The maximum absolute atomic E-state index is 11.2. The fourth-order valence-corrected chi connectivity index (χ4v) is 3.52. The van der Waals surface area contributed by atoms with Crippen molar-refractivity contribution in [2.75, 3.05) is 18.4 Å². The predicted octanol–water partition coefficient (Wildman–Crippen LogP) is 2.29. The predicted molar refractivity (Wildman–Crippen MR) is 87.0 cm³/mol. The number of likely N-dealkylation sites (tertiary alicyclic amines) is 1. The maximum atomic E-state index is 11.2. The van der Waals surface area contributed by atoms with Crippen LogP contribution in [0.3, 0.4) is 0 Å². The van der Waals surface area contributed by atoms with E-state index < -0.39 is 0 Å². The van der Waals surface area contributed by atoms with Crippen molar-refractivity contribution in [3.63, 3.8) is 0 Å². The summed E-state index contributed by atoms with van der Waals surface area (Å²) in [5, 5.41) is 6.07. The number of carbonyl (C=O) groups is 1. The van der Waals surface area contributed by atoms with Gasteiger partial charge in [0.15, 0.2) is 5.13 Å². The molecule has 0 bridgehead atoms. The highest BCUT2D eigenvalue weighted by atomic mass is 32.1. The molecule has 22 heavy (non-hydrogen) atoms. The van der Waals surface area contributed by atoms with Crippen LogP contribution in [0.25, 0.3) is 0 Å². The number of anilines is 2. The number of nitrogens with two attached hydrogens (primary N) is 1. The highest BCUT2D eigenvalue weighted by Crippen LogP contribution is 2.32. The number of nitrogens with zero attached hydrogens (tertiary/aromatic N) is 3. The lowest BCUT2D eigenvalue weighted by molar-refractivity contribution is -0.120. The van der Waals surface area contributed by atoms with E-state index in [1.807, 2.05) is 18.2 Å². The molecule has 0 aliphatic carbocycles. The second-order valence-electron chi connectivity index (χ2n) is 5.37. The normalized spacial score (nSPS) is 19.0. The van der Waals surface area contributed by atoms with Gasteiger partial charge in [-0.05, 0) is 31.5 Å². The van der Waals surface area contributed by atoms with Gasteiger partial charge in [-0.15, -0.1) is 11.3 Å². The minimum absolute atomic E-state index is 0.178. The molecule has 1 aliphatic rings. The molecule has 0 saturated carbocycles. The zero-order valence-corrected chi connectivity index (χ0v) is 13.1. The van der Waals surface area contributed by atoms with Gasteiger partial charge < -0.3 is 11.1 Å². The van der Waals surface area contributed by atoms with Gasteiger partial charge >= 0.3 is 0 Å². The first kappa shape index (κ1) is 14.9. The summed E-state index contributed by atoms with van der Waals surface area (Å²) in [7, 11) is 0. The van der Waals surface area contributed by atoms with Gasteiger partial charge in [0.2, 0.25) is 5.91 Å². The zero-order chi connectivity index (χ0) is 15.4. The van der Waals surface area contributed by atoms with E-state index in [1.165, 1.54) is 0 Å². The van der Waals surface area contributed by atoms with Gasteiger partial charge in [0.05, 0.1) is 18.3 Å². The Hall–Kier alpha value is -1.99. The molecule has 3 N–H and O–H groups in total. The lowest BCUT2D eigenvalue weighted by atomic mass is 10.00. The first-order valence-corrected chi connectivity index (χ1v) is 8.26. The molecule has 1 unspecified atom stereocenters. The second kappa shape index (κ2) is 6.85. The molecule has 1 atom stereocenters. The summed E-state index contributed by atoms with van der Waals surface area (Å²) in [6.07, 6.45) is 5.01. The fourth-order valence-electron chi connectivity index (χ4n) is 2.76. The molecule has 0 aromatic carbocycles. The quantitative estimate of drug-likeness (QED) is 0.884. The molecule has 0 spiro atoms.